The first-order valence-electron chi connectivity index (χ1n) is 15.7. The van der Waals surface area contributed by atoms with Crippen LogP contribution in [0.3, 0.4) is 0 Å². The number of hydrogen-bond acceptors (Lipinski definition) is 9. The Morgan fingerprint density at radius 1 is 1.00 bits per heavy atom. The van der Waals surface area contributed by atoms with E-state index in [-0.39, 0.29) is 24.2 Å². The normalized spacial score (nSPS) is 17.0. The van der Waals surface area contributed by atoms with Gasteiger partial charge in [-0.25, -0.2) is 9.78 Å². The van der Waals surface area contributed by atoms with E-state index in [0.29, 0.717) is 42.3 Å². The third kappa shape index (κ3) is 8.48. The maximum absolute atomic E-state index is 14.3. The van der Waals surface area contributed by atoms with Gasteiger partial charge in [0.2, 0.25) is 17.6 Å². The van der Waals surface area contributed by atoms with Crippen molar-refractivity contribution < 1.29 is 19.1 Å². The van der Waals surface area contributed by atoms with Crippen molar-refractivity contribution in [2.45, 2.75) is 64.5 Å². The van der Waals surface area contributed by atoms with Crippen LogP contribution >= 0.6 is 0 Å². The van der Waals surface area contributed by atoms with Crippen LogP contribution in [-0.2, 0) is 20.7 Å². The van der Waals surface area contributed by atoms with E-state index in [9.17, 15) is 14.4 Å². The summed E-state index contributed by atoms with van der Waals surface area (Å²) in [4.78, 5) is 45.3. The molecule has 0 saturated heterocycles. The van der Waals surface area contributed by atoms with Crippen molar-refractivity contribution in [2.75, 3.05) is 17.2 Å². The maximum Gasteiger partial charge on any atom is 0.407 e. The van der Waals surface area contributed by atoms with Gasteiger partial charge in [0.25, 0.3) is 0 Å². The second-order valence-electron chi connectivity index (χ2n) is 12.8. The van der Waals surface area contributed by atoms with Crippen molar-refractivity contribution >= 4 is 29.4 Å². The average molecular weight is 640 g/mol. The number of aromatic amines is 1. The monoisotopic (exact) mass is 639 g/mol. The third-order valence-corrected chi connectivity index (χ3v) is 8.29. The fourth-order valence-electron chi connectivity index (χ4n) is 5.89. The van der Waals surface area contributed by atoms with Crippen LogP contribution in [-0.4, -0.2) is 61.7 Å². The zero-order chi connectivity index (χ0) is 33.6. The summed E-state index contributed by atoms with van der Waals surface area (Å²) in [6, 6.07) is 17.5. The number of nitrogen functional groups attached to an aromatic ring is 1. The van der Waals surface area contributed by atoms with E-state index in [2.05, 4.69) is 30.9 Å². The smallest absolute Gasteiger partial charge is 0.407 e. The molecule has 4 aromatic rings. The minimum atomic E-state index is -0.945. The number of carbonyl (C=O) groups is 3. The van der Waals surface area contributed by atoms with Gasteiger partial charge in [0.15, 0.2) is 0 Å². The first-order valence-corrected chi connectivity index (χ1v) is 15.7. The van der Waals surface area contributed by atoms with Gasteiger partial charge in [-0.15, -0.1) is 10.2 Å². The van der Waals surface area contributed by atoms with Crippen molar-refractivity contribution in [1.82, 2.24) is 30.9 Å². The Bertz CT molecular complexity index is 1660. The van der Waals surface area contributed by atoms with Gasteiger partial charge in [-0.3, -0.25) is 14.5 Å². The Balaban J connectivity index is 1.35. The largest absolute Gasteiger partial charge is 0.444 e. The second kappa shape index (κ2) is 14.4. The number of anilines is 2. The lowest BCUT2D eigenvalue weighted by Crippen LogP contribution is -2.52. The molecule has 246 valence electrons. The fourth-order valence-corrected chi connectivity index (χ4v) is 5.89. The molecule has 1 fully saturated rings. The van der Waals surface area contributed by atoms with Crippen molar-refractivity contribution in [2.24, 2.45) is 17.6 Å². The molecule has 3 amide bonds. The predicted molar refractivity (Wildman–Crippen MR) is 178 cm³/mol. The van der Waals surface area contributed by atoms with Crippen molar-refractivity contribution in [1.29, 1.82) is 0 Å². The minimum absolute atomic E-state index is 0.167. The number of nitrogens with zero attached hydrogens (tertiary/aromatic N) is 5. The minimum Gasteiger partial charge on any atom is -0.444 e. The number of alkyl carbamates (subject to hydrolysis) is 1. The molecule has 0 spiro atoms. The molecule has 0 radical (unpaired) electrons. The fraction of sp³-hybridized carbons (Fsp3) is 0.382. The van der Waals surface area contributed by atoms with E-state index < -0.39 is 23.6 Å². The number of aromatic nitrogens is 5. The van der Waals surface area contributed by atoms with Crippen LogP contribution in [0.25, 0.3) is 22.5 Å². The molecule has 2 heterocycles. The van der Waals surface area contributed by atoms with E-state index in [1.54, 1.807) is 35.4 Å². The van der Waals surface area contributed by atoms with Gasteiger partial charge >= 0.3 is 6.09 Å². The third-order valence-electron chi connectivity index (χ3n) is 8.29. The molecule has 0 aliphatic heterocycles. The van der Waals surface area contributed by atoms with Gasteiger partial charge in [0, 0.05) is 41.9 Å². The number of tetrazole rings is 1. The summed E-state index contributed by atoms with van der Waals surface area (Å²) >= 11 is 0. The van der Waals surface area contributed by atoms with Gasteiger partial charge in [-0.05, 0) is 105 Å². The highest BCUT2D eigenvalue weighted by Crippen LogP contribution is 2.33. The average Bonchev–Trinajstić information content (AvgIpc) is 3.59. The Morgan fingerprint density at radius 3 is 2.28 bits per heavy atom. The predicted octanol–water partition coefficient (Wildman–Crippen LogP) is 4.27. The first kappa shape index (κ1) is 33.0. The molecule has 13 heteroatoms. The molecule has 6 N–H and O–H groups in total. The number of benzene rings is 2. The molecule has 13 nitrogen and oxygen atoms in total. The summed E-state index contributed by atoms with van der Waals surface area (Å²) in [5, 5.41) is 17.0. The molecule has 5 rings (SSSR count). The molecular weight excluding hydrogens is 598 g/mol. The van der Waals surface area contributed by atoms with E-state index >= 15 is 0 Å². The van der Waals surface area contributed by atoms with Crippen LogP contribution < -0.4 is 21.7 Å². The number of nitrogens with one attached hydrogen (secondary N) is 2. The molecule has 2 aromatic heterocycles. The lowest BCUT2D eigenvalue weighted by molar-refractivity contribution is -0.127. The number of pyridine rings is 1. The number of H-pyrrole nitrogens is 1. The van der Waals surface area contributed by atoms with E-state index in [1.165, 1.54) is 0 Å². The summed E-state index contributed by atoms with van der Waals surface area (Å²) in [5.74, 6) is -0.0491. The number of amides is 3. The molecule has 1 aliphatic carbocycles. The van der Waals surface area contributed by atoms with E-state index in [4.69, 9.17) is 16.2 Å². The molecule has 0 unspecified atom stereocenters. The van der Waals surface area contributed by atoms with E-state index in [1.807, 2.05) is 57.2 Å². The van der Waals surface area contributed by atoms with Gasteiger partial charge in [0.05, 0.1) is 0 Å². The number of hydrogen-bond donors (Lipinski definition) is 4. The Morgan fingerprint density at radius 2 is 1.68 bits per heavy atom. The molecule has 1 aliphatic rings. The number of primary amides is 1. The van der Waals surface area contributed by atoms with Crippen LogP contribution in [0.15, 0.2) is 66.9 Å². The summed E-state index contributed by atoms with van der Waals surface area (Å²) in [5.41, 5.74) is 15.3. The lowest BCUT2D eigenvalue weighted by Gasteiger charge is -2.36. The topological polar surface area (TPSA) is 195 Å². The van der Waals surface area contributed by atoms with Gasteiger partial charge in [0.1, 0.15) is 17.5 Å². The summed E-state index contributed by atoms with van der Waals surface area (Å²) < 4.78 is 5.36. The Kier molecular flexibility index (Phi) is 10.1. The number of nitrogens with two attached hydrogens (primary N) is 2. The maximum atomic E-state index is 14.3. The Labute approximate surface area is 273 Å². The first-order chi connectivity index (χ1) is 22.5. The molecular formula is C34H41N9O4. The highest BCUT2D eigenvalue weighted by atomic mass is 16.6. The Hall–Kier alpha value is -5.33. The molecule has 0 bridgehead atoms. The second-order valence-corrected chi connectivity index (χ2v) is 12.8. The number of ether oxygens (including phenoxy) is 1. The van der Waals surface area contributed by atoms with Crippen molar-refractivity contribution in [3.63, 3.8) is 0 Å². The van der Waals surface area contributed by atoms with Crippen molar-refractivity contribution in [3.05, 3.63) is 72.4 Å². The summed E-state index contributed by atoms with van der Waals surface area (Å²) in [6.45, 7) is 5.94. The van der Waals surface area contributed by atoms with Crippen LogP contribution in [0, 0.1) is 11.8 Å². The standard InChI is InChI=1S/C34H41N9O4/c1-34(2,3)47-33(46)38-20-22-8-12-25(13-9-22)32(45)43(26-16-14-24(15-17-26)31-39-41-42-40-31)28(30(36)44)19-21-6-10-23(11-7-21)27-5-4-18-37-29(27)35/h4-7,10-11,14-18,22,25,28H,8-9,12-13,19-20H2,1-3H3,(H2,35,37)(H2,36,44)(H,38,46)(H,39,40,41,42)/t22?,25?,28-/m0/s1. The van der Waals surface area contributed by atoms with Gasteiger partial charge < -0.3 is 21.5 Å². The highest BCUT2D eigenvalue weighted by Gasteiger charge is 2.36. The van der Waals surface area contributed by atoms with Crippen LogP contribution in [0.5, 0.6) is 0 Å². The van der Waals surface area contributed by atoms with Gasteiger partial charge in [-0.2, -0.15) is 5.21 Å². The summed E-state index contributed by atoms with van der Waals surface area (Å²) in [6.07, 6.45) is 4.12. The molecule has 47 heavy (non-hydrogen) atoms. The molecule has 1 atom stereocenters. The number of rotatable bonds is 10. The van der Waals surface area contributed by atoms with E-state index in [0.717, 1.165) is 29.5 Å². The van der Waals surface area contributed by atoms with Crippen LogP contribution in [0.4, 0.5) is 16.3 Å². The quantitative estimate of drug-likeness (QED) is 0.196. The summed E-state index contributed by atoms with van der Waals surface area (Å²) in [7, 11) is 0. The number of carbonyl (C=O) groups excluding carboxylic acids is 3. The zero-order valence-corrected chi connectivity index (χ0v) is 26.8. The van der Waals surface area contributed by atoms with Crippen LogP contribution in [0.2, 0.25) is 0 Å². The van der Waals surface area contributed by atoms with Crippen molar-refractivity contribution in [3.8, 4) is 22.5 Å². The highest BCUT2D eigenvalue weighted by molar-refractivity contribution is 6.01. The van der Waals surface area contributed by atoms with Gasteiger partial charge in [-0.1, -0.05) is 24.3 Å². The molecule has 2 aromatic carbocycles. The zero-order valence-electron chi connectivity index (χ0n) is 26.8. The lowest BCUT2D eigenvalue weighted by atomic mass is 9.81. The van der Waals surface area contributed by atoms with Crippen LogP contribution in [0.1, 0.15) is 52.0 Å². The SMILES string of the molecule is CC(C)(C)OC(=O)NCC1CCC(C(=O)N(c2ccc(-c3nn[nH]n3)cc2)[C@@H](Cc2ccc(-c3cccnc3N)cc2)C(N)=O)CC1. The molecule has 1 saturated carbocycles.